The molecule has 3 atom stereocenters. The number of carbonyl (C=O) groups excluding carboxylic acids is 1. The van der Waals surface area contributed by atoms with E-state index >= 15 is 0 Å². The van der Waals surface area contributed by atoms with Crippen molar-refractivity contribution in [3.05, 3.63) is 143 Å². The summed E-state index contributed by atoms with van der Waals surface area (Å²) < 4.78 is 6.63. The maximum absolute atomic E-state index is 14.0. The second kappa shape index (κ2) is 9.30. The molecule has 3 unspecified atom stereocenters. The average Bonchev–Trinajstić information content (AvgIpc) is 2.94. The molecule has 4 heteroatoms. The first-order valence-electron chi connectivity index (χ1n) is 13.1. The van der Waals surface area contributed by atoms with Crippen molar-refractivity contribution in [3.8, 4) is 5.75 Å². The summed E-state index contributed by atoms with van der Waals surface area (Å²) in [6.45, 7) is 6.61. The number of hydrogen-bond donors (Lipinski definition) is 2. The molecule has 0 aliphatic carbocycles. The molecule has 2 heterocycles. The third kappa shape index (κ3) is 4.31. The summed E-state index contributed by atoms with van der Waals surface area (Å²) in [6.07, 6.45) is 1.96. The van der Waals surface area contributed by atoms with Gasteiger partial charge in [0.05, 0.1) is 12.1 Å². The van der Waals surface area contributed by atoms with Gasteiger partial charge in [-0.3, -0.25) is 10.1 Å². The normalized spacial score (nSPS) is 22.7. The van der Waals surface area contributed by atoms with E-state index in [1.807, 2.05) is 66.7 Å². The van der Waals surface area contributed by atoms with Crippen LogP contribution in [0.5, 0.6) is 5.75 Å². The minimum atomic E-state index is -1.37. The maximum Gasteiger partial charge on any atom is 0.284 e. The van der Waals surface area contributed by atoms with Crippen LogP contribution >= 0.6 is 0 Å². The SMILES string of the molecule is CC(C)(C)c1ccc2c(c1)C(c1ccccc1)=CC1(NC(c3ccccc3)C(c3ccccc3)NC1=O)O2. The van der Waals surface area contributed by atoms with Crippen molar-refractivity contribution in [2.45, 2.75) is 44.0 Å². The molecule has 0 saturated carbocycles. The fraction of sp³-hybridized carbons (Fsp3) is 0.206. The summed E-state index contributed by atoms with van der Waals surface area (Å²) in [6, 6.07) is 36.4. The van der Waals surface area contributed by atoms with Crippen molar-refractivity contribution in [2.24, 2.45) is 0 Å². The summed E-state index contributed by atoms with van der Waals surface area (Å²) in [5.41, 5.74) is 4.95. The van der Waals surface area contributed by atoms with Gasteiger partial charge < -0.3 is 10.1 Å². The molecule has 1 saturated heterocycles. The van der Waals surface area contributed by atoms with Crippen molar-refractivity contribution in [2.75, 3.05) is 0 Å². The lowest BCUT2D eigenvalue weighted by Crippen LogP contribution is -2.67. The number of rotatable bonds is 3. The van der Waals surface area contributed by atoms with Gasteiger partial charge in [0.25, 0.3) is 11.6 Å². The molecule has 38 heavy (non-hydrogen) atoms. The van der Waals surface area contributed by atoms with Crippen LogP contribution in [0.1, 0.15) is 60.7 Å². The number of carbonyl (C=O) groups is 1. The number of amides is 1. The quantitative estimate of drug-likeness (QED) is 0.329. The van der Waals surface area contributed by atoms with Crippen LogP contribution in [0.2, 0.25) is 0 Å². The molecule has 2 aliphatic heterocycles. The summed E-state index contributed by atoms with van der Waals surface area (Å²) in [4.78, 5) is 14.0. The summed E-state index contributed by atoms with van der Waals surface area (Å²) in [5, 5.41) is 6.97. The Morgan fingerprint density at radius 1 is 0.737 bits per heavy atom. The van der Waals surface area contributed by atoms with E-state index in [0.717, 1.165) is 27.8 Å². The summed E-state index contributed by atoms with van der Waals surface area (Å²) in [5.74, 6) is 0.476. The third-order valence-corrected chi connectivity index (χ3v) is 7.48. The predicted molar refractivity (Wildman–Crippen MR) is 152 cm³/mol. The van der Waals surface area contributed by atoms with Gasteiger partial charge in [0.2, 0.25) is 0 Å². The van der Waals surface area contributed by atoms with Gasteiger partial charge in [-0.05, 0) is 51.5 Å². The first kappa shape index (κ1) is 24.2. The minimum Gasteiger partial charge on any atom is -0.459 e. The molecule has 4 nitrogen and oxygen atoms in total. The van der Waals surface area contributed by atoms with E-state index in [0.29, 0.717) is 5.75 Å². The number of nitrogens with one attached hydrogen (secondary N) is 2. The Morgan fingerprint density at radius 3 is 1.92 bits per heavy atom. The molecule has 0 radical (unpaired) electrons. The van der Waals surface area contributed by atoms with Crippen LogP contribution < -0.4 is 15.4 Å². The lowest BCUT2D eigenvalue weighted by Gasteiger charge is -2.46. The molecule has 6 rings (SSSR count). The molecular weight excluding hydrogens is 468 g/mol. The van der Waals surface area contributed by atoms with Gasteiger partial charge in [-0.15, -0.1) is 0 Å². The zero-order valence-corrected chi connectivity index (χ0v) is 21.9. The van der Waals surface area contributed by atoms with E-state index in [2.05, 4.69) is 79.9 Å². The van der Waals surface area contributed by atoms with Gasteiger partial charge in [-0.25, -0.2) is 0 Å². The van der Waals surface area contributed by atoms with E-state index in [9.17, 15) is 4.79 Å². The maximum atomic E-state index is 14.0. The minimum absolute atomic E-state index is 0.0201. The van der Waals surface area contributed by atoms with E-state index < -0.39 is 5.72 Å². The standard InChI is InChI=1S/C34H32N2O2/c1-33(2,3)26-19-20-29-27(21-26)28(23-13-7-4-8-14-23)22-34(38-29)32(37)35-30(24-15-9-5-10-16-24)31(36-34)25-17-11-6-12-18-25/h4-22,30-31,36H,1-3H3,(H,35,37). The number of ether oxygens (including phenoxy) is 1. The third-order valence-electron chi connectivity index (χ3n) is 7.48. The van der Waals surface area contributed by atoms with Crippen LogP contribution in [0.3, 0.4) is 0 Å². The Hall–Kier alpha value is -4.15. The van der Waals surface area contributed by atoms with Crippen molar-refractivity contribution < 1.29 is 9.53 Å². The lowest BCUT2D eigenvalue weighted by molar-refractivity contribution is -0.141. The second-order valence-electron chi connectivity index (χ2n) is 11.1. The molecule has 1 fully saturated rings. The molecule has 4 aromatic rings. The predicted octanol–water partition coefficient (Wildman–Crippen LogP) is 6.71. The fourth-order valence-electron chi connectivity index (χ4n) is 5.40. The first-order valence-corrected chi connectivity index (χ1v) is 13.1. The molecule has 2 aliphatic rings. The van der Waals surface area contributed by atoms with Crippen molar-refractivity contribution in [1.29, 1.82) is 0 Å². The molecule has 0 bridgehead atoms. The highest BCUT2D eigenvalue weighted by Gasteiger charge is 2.51. The van der Waals surface area contributed by atoms with Crippen LogP contribution in [-0.2, 0) is 10.2 Å². The number of fused-ring (bicyclic) bond motifs is 1. The molecule has 1 amide bonds. The highest BCUT2D eigenvalue weighted by atomic mass is 16.5. The zero-order valence-electron chi connectivity index (χ0n) is 21.9. The number of piperazine rings is 1. The Morgan fingerprint density at radius 2 is 1.32 bits per heavy atom. The average molecular weight is 501 g/mol. The summed E-state index contributed by atoms with van der Waals surface area (Å²) >= 11 is 0. The van der Waals surface area contributed by atoms with Gasteiger partial charge in [0.1, 0.15) is 5.75 Å². The molecule has 4 aromatic carbocycles. The molecule has 190 valence electrons. The number of benzene rings is 4. The highest BCUT2D eigenvalue weighted by molar-refractivity contribution is 5.96. The van der Waals surface area contributed by atoms with Gasteiger partial charge in [-0.2, -0.15) is 0 Å². The Kier molecular flexibility index (Phi) is 5.93. The number of hydrogen-bond acceptors (Lipinski definition) is 3. The topological polar surface area (TPSA) is 50.4 Å². The van der Waals surface area contributed by atoms with Crippen LogP contribution in [0.25, 0.3) is 5.57 Å². The summed E-state index contributed by atoms with van der Waals surface area (Å²) in [7, 11) is 0. The monoisotopic (exact) mass is 500 g/mol. The Bertz CT molecular complexity index is 1490. The van der Waals surface area contributed by atoms with Crippen molar-refractivity contribution in [3.63, 3.8) is 0 Å². The van der Waals surface area contributed by atoms with Crippen LogP contribution in [0, 0.1) is 0 Å². The van der Waals surface area contributed by atoms with E-state index in [4.69, 9.17) is 4.74 Å². The van der Waals surface area contributed by atoms with Crippen molar-refractivity contribution in [1.82, 2.24) is 10.6 Å². The van der Waals surface area contributed by atoms with Crippen LogP contribution in [0.4, 0.5) is 0 Å². The Labute approximate surface area is 224 Å². The van der Waals surface area contributed by atoms with Crippen LogP contribution in [-0.4, -0.2) is 11.6 Å². The lowest BCUT2D eigenvalue weighted by atomic mass is 9.82. The van der Waals surface area contributed by atoms with Crippen LogP contribution in [0.15, 0.2) is 115 Å². The van der Waals surface area contributed by atoms with E-state index in [1.165, 1.54) is 5.56 Å². The first-order chi connectivity index (χ1) is 18.3. The van der Waals surface area contributed by atoms with E-state index in [-0.39, 0.29) is 23.4 Å². The van der Waals surface area contributed by atoms with Gasteiger partial charge in [0.15, 0.2) is 0 Å². The largest absolute Gasteiger partial charge is 0.459 e. The fourth-order valence-corrected chi connectivity index (χ4v) is 5.40. The highest BCUT2D eigenvalue weighted by Crippen LogP contribution is 2.44. The second-order valence-corrected chi connectivity index (χ2v) is 11.1. The molecule has 0 aromatic heterocycles. The van der Waals surface area contributed by atoms with E-state index in [1.54, 1.807) is 0 Å². The molecular formula is C34H32N2O2. The smallest absolute Gasteiger partial charge is 0.284 e. The Balaban J connectivity index is 1.50. The van der Waals surface area contributed by atoms with Gasteiger partial charge >= 0.3 is 0 Å². The molecule has 2 N–H and O–H groups in total. The van der Waals surface area contributed by atoms with Gasteiger partial charge in [0, 0.05) is 5.56 Å². The van der Waals surface area contributed by atoms with Gasteiger partial charge in [-0.1, -0.05) is 118 Å². The van der Waals surface area contributed by atoms with Crippen molar-refractivity contribution >= 4 is 11.5 Å². The molecule has 1 spiro atoms. The zero-order chi connectivity index (χ0) is 26.3.